The number of rotatable bonds is 7. The van der Waals surface area contributed by atoms with Crippen molar-refractivity contribution in [2.24, 2.45) is 11.8 Å². The molecule has 7 nitrogen and oxygen atoms in total. The van der Waals surface area contributed by atoms with Crippen molar-refractivity contribution in [3.63, 3.8) is 0 Å². The number of aliphatic hydroxyl groups excluding tert-OH is 1. The molecule has 2 heterocycles. The molecule has 0 saturated carbocycles. The molecule has 27 heavy (non-hydrogen) atoms. The lowest BCUT2D eigenvalue weighted by atomic mass is 10.1. The number of carbonyl (C=O) groups is 1. The fraction of sp³-hybridized carbons (Fsp3) is 0.474. The Kier molecular flexibility index (Phi) is 7.65. The molecule has 2 unspecified atom stereocenters. The zero-order valence-corrected chi connectivity index (χ0v) is 16.4. The fourth-order valence-corrected chi connectivity index (χ4v) is 2.83. The van der Waals surface area contributed by atoms with E-state index in [1.807, 2.05) is 30.3 Å². The quantitative estimate of drug-likeness (QED) is 0.664. The Bertz CT molecular complexity index is 736. The van der Waals surface area contributed by atoms with Crippen molar-refractivity contribution >= 4 is 18.3 Å². The standard InChI is InChI=1S/C19H26N4O3.ClH/c1-13(2)12-26-17-11-23(15-6-4-3-5-7-15)22-18(17)19(25)21-9-14-8-20-10-16(14)24;/h3-7,11,13-14,16,20,24H,8-10,12H2,1-2H3,(H,21,25);1H. The van der Waals surface area contributed by atoms with Gasteiger partial charge in [-0.3, -0.25) is 4.79 Å². The van der Waals surface area contributed by atoms with Crippen LogP contribution in [0.4, 0.5) is 0 Å². The number of para-hydroxylation sites is 1. The van der Waals surface area contributed by atoms with Gasteiger partial charge in [0, 0.05) is 25.6 Å². The molecule has 1 fully saturated rings. The largest absolute Gasteiger partial charge is 0.489 e. The van der Waals surface area contributed by atoms with E-state index in [1.54, 1.807) is 10.9 Å². The first kappa shape index (κ1) is 21.2. The molecule has 1 aromatic heterocycles. The minimum atomic E-state index is -0.436. The minimum Gasteiger partial charge on any atom is -0.489 e. The minimum absolute atomic E-state index is 0. The van der Waals surface area contributed by atoms with E-state index in [0.717, 1.165) is 5.69 Å². The molecule has 0 aliphatic carbocycles. The molecule has 1 amide bonds. The van der Waals surface area contributed by atoms with E-state index in [4.69, 9.17) is 4.74 Å². The first-order chi connectivity index (χ1) is 12.5. The molecule has 1 aliphatic heterocycles. The van der Waals surface area contributed by atoms with Gasteiger partial charge in [-0.05, 0) is 18.1 Å². The van der Waals surface area contributed by atoms with Crippen molar-refractivity contribution < 1.29 is 14.6 Å². The number of halogens is 1. The summed E-state index contributed by atoms with van der Waals surface area (Å²) in [6, 6.07) is 9.60. The number of nitrogens with zero attached hydrogens (tertiary/aromatic N) is 2. The Balaban J connectivity index is 0.00000261. The number of nitrogens with one attached hydrogen (secondary N) is 2. The number of β-amino-alcohol motifs (C(OH)–C–C–N with tert-alkyl or cyclic N) is 1. The highest BCUT2D eigenvalue weighted by atomic mass is 35.5. The molecule has 2 atom stereocenters. The van der Waals surface area contributed by atoms with E-state index in [-0.39, 0.29) is 29.9 Å². The first-order valence-electron chi connectivity index (χ1n) is 8.99. The summed E-state index contributed by atoms with van der Waals surface area (Å²) in [5.74, 6) is 0.517. The first-order valence-corrected chi connectivity index (χ1v) is 8.99. The van der Waals surface area contributed by atoms with Crippen LogP contribution in [-0.4, -0.2) is 53.1 Å². The summed E-state index contributed by atoms with van der Waals surface area (Å²) in [5.41, 5.74) is 1.12. The van der Waals surface area contributed by atoms with Crippen molar-refractivity contribution in [2.45, 2.75) is 20.0 Å². The maximum absolute atomic E-state index is 12.6. The van der Waals surface area contributed by atoms with Crippen molar-refractivity contribution in [1.29, 1.82) is 0 Å². The highest BCUT2D eigenvalue weighted by Gasteiger charge is 2.26. The lowest BCUT2D eigenvalue weighted by Crippen LogP contribution is -2.34. The van der Waals surface area contributed by atoms with Crippen LogP contribution in [-0.2, 0) is 0 Å². The number of hydrogen-bond donors (Lipinski definition) is 3. The SMILES string of the molecule is CC(C)COc1cn(-c2ccccc2)nc1C(=O)NCC1CNCC1O.Cl. The van der Waals surface area contributed by atoms with Crippen LogP contribution in [0.1, 0.15) is 24.3 Å². The Morgan fingerprint density at radius 1 is 1.37 bits per heavy atom. The van der Waals surface area contributed by atoms with Crippen LogP contribution in [0.25, 0.3) is 5.69 Å². The monoisotopic (exact) mass is 394 g/mol. The fourth-order valence-electron chi connectivity index (χ4n) is 2.83. The van der Waals surface area contributed by atoms with E-state index in [0.29, 0.717) is 37.9 Å². The number of carbonyl (C=O) groups excluding carboxylic acids is 1. The van der Waals surface area contributed by atoms with Crippen LogP contribution in [0.5, 0.6) is 5.75 Å². The maximum atomic E-state index is 12.6. The van der Waals surface area contributed by atoms with Gasteiger partial charge in [0.25, 0.3) is 5.91 Å². The highest BCUT2D eigenvalue weighted by Crippen LogP contribution is 2.21. The number of ether oxygens (including phenoxy) is 1. The lowest BCUT2D eigenvalue weighted by molar-refractivity contribution is 0.0917. The molecular weight excluding hydrogens is 368 g/mol. The van der Waals surface area contributed by atoms with Crippen LogP contribution in [0, 0.1) is 11.8 Å². The van der Waals surface area contributed by atoms with Crippen LogP contribution in [0.2, 0.25) is 0 Å². The Labute approximate surface area is 165 Å². The van der Waals surface area contributed by atoms with Crippen molar-refractivity contribution in [3.8, 4) is 11.4 Å². The third-order valence-corrected chi connectivity index (χ3v) is 4.32. The van der Waals surface area contributed by atoms with Crippen molar-refractivity contribution in [1.82, 2.24) is 20.4 Å². The molecule has 2 aromatic rings. The van der Waals surface area contributed by atoms with Crippen LogP contribution >= 0.6 is 12.4 Å². The van der Waals surface area contributed by atoms with E-state index < -0.39 is 6.10 Å². The molecule has 3 rings (SSSR count). The Morgan fingerprint density at radius 2 is 2.11 bits per heavy atom. The van der Waals surface area contributed by atoms with E-state index >= 15 is 0 Å². The molecule has 3 N–H and O–H groups in total. The summed E-state index contributed by atoms with van der Waals surface area (Å²) in [6.45, 7) is 6.26. The van der Waals surface area contributed by atoms with Crippen molar-refractivity contribution in [2.75, 3.05) is 26.2 Å². The van der Waals surface area contributed by atoms with Gasteiger partial charge >= 0.3 is 0 Å². The van der Waals surface area contributed by atoms with Crippen molar-refractivity contribution in [3.05, 3.63) is 42.2 Å². The molecule has 1 aliphatic rings. The molecule has 1 aromatic carbocycles. The van der Waals surface area contributed by atoms with E-state index in [9.17, 15) is 9.90 Å². The van der Waals surface area contributed by atoms with Gasteiger partial charge < -0.3 is 20.5 Å². The van der Waals surface area contributed by atoms with Gasteiger partial charge in [0.1, 0.15) is 0 Å². The van der Waals surface area contributed by atoms with E-state index in [2.05, 4.69) is 29.6 Å². The van der Waals surface area contributed by atoms with Gasteiger partial charge in [-0.15, -0.1) is 12.4 Å². The zero-order valence-electron chi connectivity index (χ0n) is 15.6. The van der Waals surface area contributed by atoms with E-state index in [1.165, 1.54) is 0 Å². The van der Waals surface area contributed by atoms with Crippen LogP contribution < -0.4 is 15.4 Å². The number of hydrogen-bond acceptors (Lipinski definition) is 5. The van der Waals surface area contributed by atoms with Crippen LogP contribution in [0.3, 0.4) is 0 Å². The smallest absolute Gasteiger partial charge is 0.275 e. The Hall–Kier alpha value is -2.09. The summed E-state index contributed by atoms with van der Waals surface area (Å²) in [7, 11) is 0. The van der Waals surface area contributed by atoms with Gasteiger partial charge in [-0.25, -0.2) is 4.68 Å². The predicted molar refractivity (Wildman–Crippen MR) is 106 cm³/mol. The molecule has 1 saturated heterocycles. The summed E-state index contributed by atoms with van der Waals surface area (Å²) in [5, 5.41) is 20.3. The third-order valence-electron chi connectivity index (χ3n) is 4.32. The third kappa shape index (κ3) is 5.45. The Morgan fingerprint density at radius 3 is 2.74 bits per heavy atom. The number of aromatic nitrogens is 2. The van der Waals surface area contributed by atoms with Gasteiger partial charge in [0.2, 0.25) is 0 Å². The van der Waals surface area contributed by atoms with Gasteiger partial charge in [-0.2, -0.15) is 5.10 Å². The molecular formula is C19H27ClN4O3. The second kappa shape index (κ2) is 9.73. The molecule has 148 valence electrons. The van der Waals surface area contributed by atoms with Gasteiger partial charge in [0.05, 0.1) is 24.6 Å². The summed E-state index contributed by atoms with van der Waals surface area (Å²) in [4.78, 5) is 12.6. The van der Waals surface area contributed by atoms with Gasteiger partial charge in [0.15, 0.2) is 11.4 Å². The second-order valence-electron chi connectivity index (χ2n) is 7.02. The summed E-state index contributed by atoms with van der Waals surface area (Å²) < 4.78 is 7.46. The highest BCUT2D eigenvalue weighted by molar-refractivity contribution is 5.95. The molecule has 0 bridgehead atoms. The van der Waals surface area contributed by atoms with Gasteiger partial charge in [-0.1, -0.05) is 32.0 Å². The zero-order chi connectivity index (χ0) is 18.5. The topological polar surface area (TPSA) is 88.4 Å². The van der Waals surface area contributed by atoms with Crippen LogP contribution in [0.15, 0.2) is 36.5 Å². The molecule has 8 heteroatoms. The summed E-state index contributed by atoms with van der Waals surface area (Å²) >= 11 is 0. The number of aliphatic hydroxyl groups is 1. The number of benzene rings is 1. The average molecular weight is 395 g/mol. The average Bonchev–Trinajstić information content (AvgIpc) is 3.25. The molecule has 0 spiro atoms. The maximum Gasteiger partial charge on any atom is 0.275 e. The second-order valence-corrected chi connectivity index (χ2v) is 7.02. The number of amides is 1. The predicted octanol–water partition coefficient (Wildman–Crippen LogP) is 1.64. The lowest BCUT2D eigenvalue weighted by Gasteiger charge is -2.14. The normalized spacial score (nSPS) is 19.0. The summed E-state index contributed by atoms with van der Waals surface area (Å²) in [6.07, 6.45) is 1.30. The molecule has 0 radical (unpaired) electrons.